The molecule has 0 aliphatic rings. The molecule has 0 unspecified atom stereocenters. The van der Waals surface area contributed by atoms with Gasteiger partial charge in [0, 0.05) is 0 Å². The van der Waals surface area contributed by atoms with E-state index in [2.05, 4.69) is 6.92 Å². The van der Waals surface area contributed by atoms with Crippen LogP contribution in [0, 0.1) is 13.8 Å². The van der Waals surface area contributed by atoms with E-state index in [1.165, 1.54) is 70.6 Å². The van der Waals surface area contributed by atoms with E-state index >= 15 is 0 Å². The van der Waals surface area contributed by atoms with Crippen LogP contribution in [0.2, 0.25) is 0 Å². The molecule has 0 aliphatic carbocycles. The fourth-order valence-electron chi connectivity index (χ4n) is 3.22. The number of unbranched alkanes of at least 4 members (excludes halogenated alkanes) is 13. The molecule has 0 fully saturated rings. The second-order valence-corrected chi connectivity index (χ2v) is 7.46. The van der Waals surface area contributed by atoms with Crippen molar-refractivity contribution in [3.63, 3.8) is 0 Å². The average Bonchev–Trinajstić information content (AvgIpc) is 2.68. The van der Waals surface area contributed by atoms with E-state index in [4.69, 9.17) is 9.78 Å². The molecule has 0 heterocycles. The van der Waals surface area contributed by atoms with Gasteiger partial charge in [0.2, 0.25) is 0 Å². The van der Waals surface area contributed by atoms with E-state index in [1.807, 2.05) is 25.1 Å². The van der Waals surface area contributed by atoms with Crippen LogP contribution in [0.15, 0.2) is 24.3 Å². The molecule has 1 aromatic rings. The van der Waals surface area contributed by atoms with Gasteiger partial charge in [-0.1, -0.05) is 109 Å². The summed E-state index contributed by atoms with van der Waals surface area (Å²) < 4.78 is 0. The van der Waals surface area contributed by atoms with Gasteiger partial charge in [0.05, 0.1) is 12.2 Å². The topological polar surface area (TPSA) is 35.5 Å². The second kappa shape index (κ2) is 16.8. The molecule has 0 spiro atoms. The largest absolute Gasteiger partial charge is 0.373 e. The highest BCUT2D eigenvalue weighted by molar-refractivity contribution is 5.90. The summed E-state index contributed by atoms with van der Waals surface area (Å²) in [5.41, 5.74) is 1.47. The fraction of sp³-hybridized carbons (Fsp3) is 0.667. The standard InChI is InChI=1S/C24H39O3/c1-3-4-5-6-7-8-9-10-11-12-13-14-15-18-21-26-27-24(25)23-20-17-16-19-22(23)2/h16-17,19-20H,1,3-15,18,21H2,2H3. The summed E-state index contributed by atoms with van der Waals surface area (Å²) in [6, 6.07) is 7.38. The Morgan fingerprint density at radius 2 is 1.26 bits per heavy atom. The summed E-state index contributed by atoms with van der Waals surface area (Å²) in [5.74, 6) is -0.407. The summed E-state index contributed by atoms with van der Waals surface area (Å²) in [6.45, 7) is 6.25. The van der Waals surface area contributed by atoms with Crippen LogP contribution < -0.4 is 0 Å². The number of rotatable bonds is 17. The monoisotopic (exact) mass is 375 g/mol. The molecule has 0 aliphatic heterocycles. The van der Waals surface area contributed by atoms with Crippen LogP contribution >= 0.6 is 0 Å². The Hall–Kier alpha value is -1.35. The first-order chi connectivity index (χ1) is 13.3. The molecular weight excluding hydrogens is 336 g/mol. The maximum Gasteiger partial charge on any atom is 0.373 e. The highest BCUT2D eigenvalue weighted by Crippen LogP contribution is 2.13. The molecule has 27 heavy (non-hydrogen) atoms. The lowest BCUT2D eigenvalue weighted by Gasteiger charge is -2.06. The van der Waals surface area contributed by atoms with Crippen molar-refractivity contribution in [3.8, 4) is 0 Å². The van der Waals surface area contributed by atoms with Crippen LogP contribution in [0.4, 0.5) is 0 Å². The van der Waals surface area contributed by atoms with Gasteiger partial charge in [0.25, 0.3) is 0 Å². The third kappa shape index (κ3) is 12.6. The van der Waals surface area contributed by atoms with Crippen LogP contribution in [0.25, 0.3) is 0 Å². The average molecular weight is 376 g/mol. The van der Waals surface area contributed by atoms with Crippen molar-refractivity contribution in [1.29, 1.82) is 0 Å². The zero-order chi connectivity index (χ0) is 19.6. The molecule has 0 saturated carbocycles. The Morgan fingerprint density at radius 3 is 1.78 bits per heavy atom. The number of hydrogen-bond donors (Lipinski definition) is 0. The van der Waals surface area contributed by atoms with E-state index in [0.717, 1.165) is 24.8 Å². The van der Waals surface area contributed by atoms with Crippen LogP contribution in [0.1, 0.15) is 106 Å². The Kier molecular flexibility index (Phi) is 14.7. The summed E-state index contributed by atoms with van der Waals surface area (Å²) in [4.78, 5) is 21.8. The molecule has 1 aromatic carbocycles. The lowest BCUT2D eigenvalue weighted by atomic mass is 10.0. The molecule has 0 atom stereocenters. The maximum absolute atomic E-state index is 11.9. The summed E-state index contributed by atoms with van der Waals surface area (Å²) >= 11 is 0. The van der Waals surface area contributed by atoms with Crippen molar-refractivity contribution < 1.29 is 14.6 Å². The number of aryl methyl sites for hydroxylation is 1. The molecule has 0 N–H and O–H groups in total. The maximum atomic E-state index is 11.9. The minimum Gasteiger partial charge on any atom is -0.293 e. The second-order valence-electron chi connectivity index (χ2n) is 7.46. The van der Waals surface area contributed by atoms with Crippen molar-refractivity contribution in [3.05, 3.63) is 42.3 Å². The Labute approximate surface area is 166 Å². The minimum absolute atomic E-state index is 0.407. The molecule has 3 nitrogen and oxygen atoms in total. The van der Waals surface area contributed by atoms with E-state index in [0.29, 0.717) is 12.2 Å². The van der Waals surface area contributed by atoms with Gasteiger partial charge in [0.15, 0.2) is 0 Å². The number of benzene rings is 1. The SMILES string of the molecule is [CH2]CCCCCCCCCCCCCCCOOC(=O)c1ccccc1C. The van der Waals surface area contributed by atoms with E-state index in [-0.39, 0.29) is 0 Å². The zero-order valence-electron chi connectivity index (χ0n) is 17.3. The molecule has 0 saturated heterocycles. The highest BCUT2D eigenvalue weighted by Gasteiger charge is 2.10. The minimum atomic E-state index is -0.407. The van der Waals surface area contributed by atoms with E-state index < -0.39 is 5.97 Å². The molecule has 1 radical (unpaired) electrons. The number of carbonyl (C=O) groups excluding carboxylic acids is 1. The van der Waals surface area contributed by atoms with Gasteiger partial charge in [-0.3, -0.25) is 4.89 Å². The first-order valence-corrected chi connectivity index (χ1v) is 10.9. The molecule has 0 aromatic heterocycles. The molecule has 3 heteroatoms. The van der Waals surface area contributed by atoms with Gasteiger partial charge in [0.1, 0.15) is 0 Å². The third-order valence-corrected chi connectivity index (χ3v) is 4.98. The van der Waals surface area contributed by atoms with Crippen LogP contribution in [0.3, 0.4) is 0 Å². The van der Waals surface area contributed by atoms with Crippen molar-refractivity contribution in [2.45, 2.75) is 96.8 Å². The lowest BCUT2D eigenvalue weighted by molar-refractivity contribution is -0.241. The van der Waals surface area contributed by atoms with Crippen LogP contribution in [-0.4, -0.2) is 12.6 Å². The van der Waals surface area contributed by atoms with Gasteiger partial charge in [-0.15, -0.1) is 0 Å². The Balaban J connectivity index is 1.82. The quantitative estimate of drug-likeness (QED) is 0.162. The fourth-order valence-corrected chi connectivity index (χ4v) is 3.22. The van der Waals surface area contributed by atoms with Crippen molar-refractivity contribution in [1.82, 2.24) is 0 Å². The van der Waals surface area contributed by atoms with Crippen molar-refractivity contribution >= 4 is 5.97 Å². The molecular formula is C24H39O3. The normalized spacial score (nSPS) is 10.9. The van der Waals surface area contributed by atoms with Gasteiger partial charge in [-0.05, 0) is 25.0 Å². The van der Waals surface area contributed by atoms with Gasteiger partial charge >= 0.3 is 5.97 Å². The summed E-state index contributed by atoms with van der Waals surface area (Å²) in [6.07, 6.45) is 18.0. The molecule has 0 amide bonds. The first-order valence-electron chi connectivity index (χ1n) is 10.9. The molecule has 1 rings (SSSR count). The van der Waals surface area contributed by atoms with E-state index in [9.17, 15) is 4.79 Å². The number of hydrogen-bond acceptors (Lipinski definition) is 3. The van der Waals surface area contributed by atoms with Gasteiger partial charge in [-0.25, -0.2) is 4.79 Å². The van der Waals surface area contributed by atoms with Crippen LogP contribution in [0.5, 0.6) is 0 Å². The molecule has 153 valence electrons. The van der Waals surface area contributed by atoms with Gasteiger partial charge < -0.3 is 0 Å². The highest BCUT2D eigenvalue weighted by atomic mass is 17.2. The first kappa shape index (κ1) is 23.7. The molecule has 0 bridgehead atoms. The van der Waals surface area contributed by atoms with Crippen molar-refractivity contribution in [2.75, 3.05) is 6.61 Å². The smallest absolute Gasteiger partial charge is 0.293 e. The Morgan fingerprint density at radius 1 is 0.778 bits per heavy atom. The zero-order valence-corrected chi connectivity index (χ0v) is 17.3. The van der Waals surface area contributed by atoms with E-state index in [1.54, 1.807) is 6.07 Å². The van der Waals surface area contributed by atoms with Crippen molar-refractivity contribution in [2.24, 2.45) is 0 Å². The predicted molar refractivity (Wildman–Crippen MR) is 113 cm³/mol. The summed E-state index contributed by atoms with van der Waals surface area (Å²) in [5, 5.41) is 0. The lowest BCUT2D eigenvalue weighted by Crippen LogP contribution is -2.08. The third-order valence-electron chi connectivity index (χ3n) is 4.98. The summed E-state index contributed by atoms with van der Waals surface area (Å²) in [7, 11) is 0. The Bertz CT molecular complexity index is 484. The predicted octanol–water partition coefficient (Wildman–Crippen LogP) is 7.38. The van der Waals surface area contributed by atoms with Crippen LogP contribution in [-0.2, 0) is 9.78 Å². The number of carbonyl (C=O) groups is 1. The van der Waals surface area contributed by atoms with Gasteiger partial charge in [-0.2, -0.15) is 4.89 Å².